The first kappa shape index (κ1) is 15.1. The summed E-state index contributed by atoms with van der Waals surface area (Å²) in [6, 6.07) is 17.4. The predicted octanol–water partition coefficient (Wildman–Crippen LogP) is 4.13. The Morgan fingerprint density at radius 1 is 1.15 bits per heavy atom. The molecule has 0 saturated carbocycles. The minimum absolute atomic E-state index is 0.00681. The molecule has 2 aromatic carbocycles. The van der Waals surface area contributed by atoms with Crippen molar-refractivity contribution in [3.05, 3.63) is 70.7 Å². The number of benzene rings is 2. The van der Waals surface area contributed by atoms with E-state index in [1.165, 1.54) is 0 Å². The quantitative estimate of drug-likeness (QED) is 0.805. The third-order valence-electron chi connectivity index (χ3n) is 2.89. The number of alkyl halides is 1. The van der Waals surface area contributed by atoms with Gasteiger partial charge in [0.1, 0.15) is 0 Å². The lowest BCUT2D eigenvalue weighted by Gasteiger charge is -2.11. The molecule has 1 amide bonds. The summed E-state index contributed by atoms with van der Waals surface area (Å²) >= 11 is 9.47. The van der Waals surface area contributed by atoms with E-state index in [0.717, 1.165) is 11.1 Å². The Hall–Kier alpha value is -1.32. The molecule has 0 saturated heterocycles. The third kappa shape index (κ3) is 4.66. The summed E-state index contributed by atoms with van der Waals surface area (Å²) < 4.78 is 0. The van der Waals surface area contributed by atoms with Crippen LogP contribution < -0.4 is 5.32 Å². The van der Waals surface area contributed by atoms with Crippen molar-refractivity contribution < 1.29 is 4.79 Å². The summed E-state index contributed by atoms with van der Waals surface area (Å²) in [5.74, 6) is -0.00681. The molecule has 2 aromatic rings. The van der Waals surface area contributed by atoms with Crippen LogP contribution in [0.25, 0.3) is 0 Å². The molecule has 4 heteroatoms. The SMILES string of the molecule is O=C(Cc1cccc(Cl)c1)NCC(Br)c1ccccc1. The zero-order valence-corrected chi connectivity index (χ0v) is 13.2. The normalized spacial score (nSPS) is 11.9. The lowest BCUT2D eigenvalue weighted by atomic mass is 10.1. The van der Waals surface area contributed by atoms with Crippen molar-refractivity contribution in [3.63, 3.8) is 0 Å². The molecule has 0 fully saturated rings. The van der Waals surface area contributed by atoms with E-state index in [2.05, 4.69) is 21.2 Å². The van der Waals surface area contributed by atoms with E-state index < -0.39 is 0 Å². The molecule has 0 aliphatic rings. The Balaban J connectivity index is 1.83. The van der Waals surface area contributed by atoms with Gasteiger partial charge in [-0.25, -0.2) is 0 Å². The number of carbonyl (C=O) groups excluding carboxylic acids is 1. The van der Waals surface area contributed by atoms with Crippen LogP contribution in [0.5, 0.6) is 0 Å². The molecule has 0 radical (unpaired) electrons. The molecular formula is C16H15BrClNO. The Morgan fingerprint density at radius 3 is 2.60 bits per heavy atom. The van der Waals surface area contributed by atoms with Crippen molar-refractivity contribution in [3.8, 4) is 0 Å². The summed E-state index contributed by atoms with van der Waals surface area (Å²) in [7, 11) is 0. The fourth-order valence-corrected chi connectivity index (χ4v) is 2.56. The number of amides is 1. The van der Waals surface area contributed by atoms with Gasteiger partial charge in [0.2, 0.25) is 5.91 Å². The highest BCUT2D eigenvalue weighted by Crippen LogP contribution is 2.21. The highest BCUT2D eigenvalue weighted by molar-refractivity contribution is 9.09. The number of nitrogens with one attached hydrogen (secondary N) is 1. The molecule has 2 nitrogen and oxygen atoms in total. The maximum absolute atomic E-state index is 11.9. The fourth-order valence-electron chi connectivity index (χ4n) is 1.88. The molecule has 0 aromatic heterocycles. The summed E-state index contributed by atoms with van der Waals surface area (Å²) in [4.78, 5) is 12.0. The first-order chi connectivity index (χ1) is 9.65. The zero-order chi connectivity index (χ0) is 14.4. The van der Waals surface area contributed by atoms with Gasteiger partial charge in [0.25, 0.3) is 0 Å². The number of rotatable bonds is 5. The van der Waals surface area contributed by atoms with E-state index in [9.17, 15) is 4.79 Å². The highest BCUT2D eigenvalue weighted by atomic mass is 79.9. The highest BCUT2D eigenvalue weighted by Gasteiger charge is 2.09. The van der Waals surface area contributed by atoms with Crippen molar-refractivity contribution >= 4 is 33.4 Å². The van der Waals surface area contributed by atoms with Crippen LogP contribution in [-0.2, 0) is 11.2 Å². The van der Waals surface area contributed by atoms with Crippen molar-refractivity contribution in [2.75, 3.05) is 6.54 Å². The number of hydrogen-bond acceptors (Lipinski definition) is 1. The Bertz CT molecular complexity index is 574. The van der Waals surface area contributed by atoms with Gasteiger partial charge in [-0.15, -0.1) is 0 Å². The van der Waals surface area contributed by atoms with Gasteiger partial charge in [0.05, 0.1) is 11.2 Å². The molecule has 1 atom stereocenters. The summed E-state index contributed by atoms with van der Waals surface area (Å²) in [5, 5.41) is 3.57. The Labute approximate surface area is 132 Å². The largest absolute Gasteiger partial charge is 0.354 e. The van der Waals surface area contributed by atoms with E-state index in [1.807, 2.05) is 48.5 Å². The monoisotopic (exact) mass is 351 g/mol. The first-order valence-electron chi connectivity index (χ1n) is 6.35. The average Bonchev–Trinajstić information content (AvgIpc) is 2.46. The lowest BCUT2D eigenvalue weighted by molar-refractivity contribution is -0.120. The van der Waals surface area contributed by atoms with E-state index in [4.69, 9.17) is 11.6 Å². The standard InChI is InChI=1S/C16H15BrClNO/c17-15(13-6-2-1-3-7-13)11-19-16(20)10-12-5-4-8-14(18)9-12/h1-9,15H,10-11H2,(H,19,20). The smallest absolute Gasteiger partial charge is 0.224 e. The summed E-state index contributed by atoms with van der Waals surface area (Å²) in [5.41, 5.74) is 2.07. The molecule has 1 N–H and O–H groups in total. The van der Waals surface area contributed by atoms with Gasteiger partial charge >= 0.3 is 0 Å². The molecule has 0 spiro atoms. The van der Waals surface area contributed by atoms with Gasteiger partial charge in [0, 0.05) is 11.6 Å². The second-order valence-electron chi connectivity index (χ2n) is 4.49. The lowest BCUT2D eigenvalue weighted by Crippen LogP contribution is -2.28. The van der Waals surface area contributed by atoms with Crippen LogP contribution in [0.3, 0.4) is 0 Å². The molecule has 0 aliphatic carbocycles. The molecule has 2 rings (SSSR count). The van der Waals surface area contributed by atoms with E-state index in [1.54, 1.807) is 6.07 Å². The fraction of sp³-hybridized carbons (Fsp3) is 0.188. The van der Waals surface area contributed by atoms with Crippen molar-refractivity contribution in [1.29, 1.82) is 0 Å². The number of halogens is 2. The molecule has 0 heterocycles. The molecular weight excluding hydrogens is 338 g/mol. The maximum atomic E-state index is 11.9. The topological polar surface area (TPSA) is 29.1 Å². The minimum atomic E-state index is -0.00681. The van der Waals surface area contributed by atoms with Crippen molar-refractivity contribution in [1.82, 2.24) is 5.32 Å². The molecule has 104 valence electrons. The van der Waals surface area contributed by atoms with Gasteiger partial charge < -0.3 is 5.32 Å². The van der Waals surface area contributed by atoms with Crippen LogP contribution in [-0.4, -0.2) is 12.5 Å². The average molecular weight is 353 g/mol. The third-order valence-corrected chi connectivity index (χ3v) is 3.98. The predicted molar refractivity (Wildman–Crippen MR) is 86.3 cm³/mol. The van der Waals surface area contributed by atoms with Crippen LogP contribution >= 0.6 is 27.5 Å². The van der Waals surface area contributed by atoms with E-state index in [-0.39, 0.29) is 10.7 Å². The number of carbonyl (C=O) groups is 1. The molecule has 0 bridgehead atoms. The minimum Gasteiger partial charge on any atom is -0.354 e. The van der Waals surface area contributed by atoms with Crippen molar-refractivity contribution in [2.45, 2.75) is 11.2 Å². The summed E-state index contributed by atoms with van der Waals surface area (Å²) in [6.07, 6.45) is 0.342. The summed E-state index contributed by atoms with van der Waals surface area (Å²) in [6.45, 7) is 0.559. The van der Waals surface area contributed by atoms with Gasteiger partial charge in [0.15, 0.2) is 0 Å². The first-order valence-corrected chi connectivity index (χ1v) is 7.64. The number of hydrogen-bond donors (Lipinski definition) is 1. The van der Waals surface area contributed by atoms with Gasteiger partial charge in [-0.1, -0.05) is 70.0 Å². The molecule has 1 unspecified atom stereocenters. The van der Waals surface area contributed by atoms with Gasteiger partial charge in [-0.2, -0.15) is 0 Å². The van der Waals surface area contributed by atoms with E-state index in [0.29, 0.717) is 18.0 Å². The van der Waals surface area contributed by atoms with E-state index >= 15 is 0 Å². The maximum Gasteiger partial charge on any atom is 0.224 e. The molecule has 0 aliphatic heterocycles. The van der Waals surface area contributed by atoms with Gasteiger partial charge in [-0.3, -0.25) is 4.79 Å². The van der Waals surface area contributed by atoms with Crippen molar-refractivity contribution in [2.24, 2.45) is 0 Å². The Kier molecular flexibility index (Phi) is 5.62. The molecule has 20 heavy (non-hydrogen) atoms. The van der Waals surface area contributed by atoms with Gasteiger partial charge in [-0.05, 0) is 23.3 Å². The second kappa shape index (κ2) is 7.46. The van der Waals surface area contributed by atoms with Crippen LogP contribution in [0.15, 0.2) is 54.6 Å². The van der Waals surface area contributed by atoms with Crippen LogP contribution in [0, 0.1) is 0 Å². The zero-order valence-electron chi connectivity index (χ0n) is 10.9. The second-order valence-corrected chi connectivity index (χ2v) is 6.03. The Morgan fingerprint density at radius 2 is 1.90 bits per heavy atom. The van der Waals surface area contributed by atoms with Crippen LogP contribution in [0.4, 0.5) is 0 Å². The van der Waals surface area contributed by atoms with Crippen LogP contribution in [0.1, 0.15) is 16.0 Å². The van der Waals surface area contributed by atoms with Crippen LogP contribution in [0.2, 0.25) is 5.02 Å².